The Labute approximate surface area is 98.7 Å². The molecule has 94 valence electrons. The summed E-state index contributed by atoms with van der Waals surface area (Å²) in [6, 6.07) is 0. The van der Waals surface area contributed by atoms with Crippen LogP contribution in [-0.4, -0.2) is 46.4 Å². The zero-order chi connectivity index (χ0) is 12.6. The number of rotatable bonds is 4. The van der Waals surface area contributed by atoms with Gasteiger partial charge in [-0.3, -0.25) is 4.79 Å². The third-order valence-corrected chi connectivity index (χ3v) is 4.39. The van der Waals surface area contributed by atoms with Crippen molar-refractivity contribution < 1.29 is 18.3 Å². The lowest BCUT2D eigenvalue weighted by Crippen LogP contribution is -2.50. The number of aryl methyl sites for hydroxylation is 1. The van der Waals surface area contributed by atoms with Gasteiger partial charge in [0.25, 0.3) is 10.0 Å². The summed E-state index contributed by atoms with van der Waals surface area (Å²) in [6.45, 7) is 0.510. The molecule has 2 rings (SSSR count). The molecule has 0 radical (unpaired) electrons. The van der Waals surface area contributed by atoms with Gasteiger partial charge < -0.3 is 9.67 Å². The van der Waals surface area contributed by atoms with E-state index in [-0.39, 0.29) is 30.5 Å². The Morgan fingerprint density at radius 1 is 1.59 bits per heavy atom. The highest BCUT2D eigenvalue weighted by molar-refractivity contribution is 7.89. The molecule has 1 saturated heterocycles. The van der Waals surface area contributed by atoms with E-state index in [1.807, 2.05) is 0 Å². The molecule has 0 amide bonds. The quantitative estimate of drug-likeness (QED) is 0.788. The highest BCUT2D eigenvalue weighted by Gasteiger charge is 2.38. The summed E-state index contributed by atoms with van der Waals surface area (Å²) in [5, 5.41) is 8.58. The number of hydrogen-bond donors (Lipinski definition) is 1. The standard InChI is InChI=1S/C9H13N3O4S/c1-11-5-8(10-6-11)17(15,16)12-3-7(4-12)2-9(13)14/h5-7H,2-4H2,1H3,(H,13,14). The van der Waals surface area contributed by atoms with E-state index < -0.39 is 16.0 Å². The Kier molecular flexibility index (Phi) is 2.92. The van der Waals surface area contributed by atoms with Crippen LogP contribution in [0, 0.1) is 5.92 Å². The molecule has 1 aromatic rings. The number of carboxylic acids is 1. The van der Waals surface area contributed by atoms with Crippen molar-refractivity contribution in [2.45, 2.75) is 11.4 Å². The smallest absolute Gasteiger partial charge is 0.303 e. The van der Waals surface area contributed by atoms with E-state index in [4.69, 9.17) is 5.11 Å². The van der Waals surface area contributed by atoms with Gasteiger partial charge in [0.15, 0.2) is 5.03 Å². The molecule has 1 N–H and O–H groups in total. The van der Waals surface area contributed by atoms with Gasteiger partial charge >= 0.3 is 5.97 Å². The van der Waals surface area contributed by atoms with E-state index in [0.29, 0.717) is 0 Å². The van der Waals surface area contributed by atoms with Gasteiger partial charge in [0, 0.05) is 26.3 Å². The number of imidazole rings is 1. The fourth-order valence-corrected chi connectivity index (χ4v) is 3.31. The maximum absolute atomic E-state index is 12.0. The SMILES string of the molecule is Cn1cnc(S(=O)(=O)N2CC(CC(=O)O)C2)c1. The van der Waals surface area contributed by atoms with E-state index in [2.05, 4.69) is 4.98 Å². The first kappa shape index (κ1) is 12.1. The summed E-state index contributed by atoms with van der Waals surface area (Å²) in [7, 11) is -1.85. The van der Waals surface area contributed by atoms with Crippen molar-refractivity contribution >= 4 is 16.0 Å². The summed E-state index contributed by atoms with van der Waals surface area (Å²) in [4.78, 5) is 14.2. The Morgan fingerprint density at radius 3 is 2.71 bits per heavy atom. The molecule has 0 bridgehead atoms. The first-order valence-corrected chi connectivity index (χ1v) is 6.53. The van der Waals surface area contributed by atoms with Gasteiger partial charge in [-0.2, -0.15) is 4.31 Å². The molecule has 1 aromatic heterocycles. The maximum Gasteiger partial charge on any atom is 0.303 e. The molecule has 0 atom stereocenters. The molecular weight excluding hydrogens is 246 g/mol. The van der Waals surface area contributed by atoms with Gasteiger partial charge in [-0.15, -0.1) is 0 Å². The molecule has 0 unspecified atom stereocenters. The topological polar surface area (TPSA) is 92.5 Å². The molecular formula is C9H13N3O4S. The molecule has 7 nitrogen and oxygen atoms in total. The predicted molar refractivity (Wildman–Crippen MR) is 57.7 cm³/mol. The first-order chi connectivity index (χ1) is 7.89. The van der Waals surface area contributed by atoms with Gasteiger partial charge in [-0.25, -0.2) is 13.4 Å². The average molecular weight is 259 g/mol. The van der Waals surface area contributed by atoms with Crippen LogP contribution in [0.3, 0.4) is 0 Å². The predicted octanol–water partition coefficient (Wildman–Crippen LogP) is -0.485. The molecule has 1 aliphatic rings. The summed E-state index contributed by atoms with van der Waals surface area (Å²) >= 11 is 0. The molecule has 2 heterocycles. The number of aliphatic carboxylic acids is 1. The number of carbonyl (C=O) groups is 1. The summed E-state index contributed by atoms with van der Waals surface area (Å²) in [6.07, 6.45) is 2.86. The minimum absolute atomic E-state index is 0.00813. The largest absolute Gasteiger partial charge is 0.481 e. The third kappa shape index (κ3) is 2.32. The van der Waals surface area contributed by atoms with Crippen LogP contribution in [0.5, 0.6) is 0 Å². The highest BCUT2D eigenvalue weighted by atomic mass is 32.2. The lowest BCUT2D eigenvalue weighted by Gasteiger charge is -2.36. The molecule has 8 heteroatoms. The Hall–Kier alpha value is -1.41. The van der Waals surface area contributed by atoms with Crippen LogP contribution in [0.1, 0.15) is 6.42 Å². The maximum atomic E-state index is 12.0. The van der Waals surface area contributed by atoms with Crippen molar-refractivity contribution in [3.63, 3.8) is 0 Å². The number of nitrogens with zero attached hydrogens (tertiary/aromatic N) is 3. The number of aromatic nitrogens is 2. The molecule has 0 aromatic carbocycles. The van der Waals surface area contributed by atoms with Crippen LogP contribution in [0.2, 0.25) is 0 Å². The number of sulfonamides is 1. The van der Waals surface area contributed by atoms with Crippen LogP contribution in [0.15, 0.2) is 17.6 Å². The van der Waals surface area contributed by atoms with Crippen molar-refractivity contribution in [1.29, 1.82) is 0 Å². The summed E-state index contributed by atoms with van der Waals surface area (Å²) in [5.41, 5.74) is 0. The van der Waals surface area contributed by atoms with Gasteiger partial charge in [0.1, 0.15) is 0 Å². The van der Waals surface area contributed by atoms with Crippen LogP contribution in [-0.2, 0) is 21.9 Å². The lowest BCUT2D eigenvalue weighted by molar-refractivity contribution is -0.139. The van der Waals surface area contributed by atoms with Crippen molar-refractivity contribution in [1.82, 2.24) is 13.9 Å². The average Bonchev–Trinajstić information content (AvgIpc) is 2.57. The van der Waals surface area contributed by atoms with E-state index in [0.717, 1.165) is 0 Å². The summed E-state index contributed by atoms with van der Waals surface area (Å²) in [5.74, 6) is -0.990. The van der Waals surface area contributed by atoms with Crippen LogP contribution >= 0.6 is 0 Å². The molecule has 0 spiro atoms. The van der Waals surface area contributed by atoms with Crippen molar-refractivity contribution in [2.75, 3.05) is 13.1 Å². The molecule has 1 aliphatic heterocycles. The molecule has 0 saturated carbocycles. The number of carboxylic acid groups (broad SMARTS) is 1. The van der Waals surface area contributed by atoms with Gasteiger partial charge in [0.05, 0.1) is 12.7 Å². The minimum atomic E-state index is -3.54. The van der Waals surface area contributed by atoms with E-state index >= 15 is 0 Å². The second-order valence-electron chi connectivity index (χ2n) is 4.16. The zero-order valence-electron chi connectivity index (χ0n) is 9.28. The van der Waals surface area contributed by atoms with E-state index in [1.54, 1.807) is 11.6 Å². The Morgan fingerprint density at radius 2 is 2.24 bits per heavy atom. The number of hydrogen-bond acceptors (Lipinski definition) is 4. The Balaban J connectivity index is 2.03. The zero-order valence-corrected chi connectivity index (χ0v) is 10.1. The van der Waals surface area contributed by atoms with Crippen molar-refractivity contribution in [3.05, 3.63) is 12.5 Å². The van der Waals surface area contributed by atoms with E-state index in [1.165, 1.54) is 16.8 Å². The molecule has 1 fully saturated rings. The van der Waals surface area contributed by atoms with Crippen LogP contribution < -0.4 is 0 Å². The second-order valence-corrected chi connectivity index (χ2v) is 6.05. The Bertz CT molecular complexity index is 530. The second kappa shape index (κ2) is 4.11. The highest BCUT2D eigenvalue weighted by Crippen LogP contribution is 2.25. The van der Waals surface area contributed by atoms with E-state index in [9.17, 15) is 13.2 Å². The minimum Gasteiger partial charge on any atom is -0.481 e. The van der Waals surface area contributed by atoms with Crippen LogP contribution in [0.25, 0.3) is 0 Å². The van der Waals surface area contributed by atoms with Gasteiger partial charge in [0.2, 0.25) is 0 Å². The normalized spacial score (nSPS) is 17.9. The third-order valence-electron chi connectivity index (χ3n) is 2.67. The monoisotopic (exact) mass is 259 g/mol. The fraction of sp³-hybridized carbons (Fsp3) is 0.556. The van der Waals surface area contributed by atoms with Gasteiger partial charge in [-0.1, -0.05) is 0 Å². The first-order valence-electron chi connectivity index (χ1n) is 5.09. The summed E-state index contributed by atoms with van der Waals surface area (Å²) < 4.78 is 26.7. The van der Waals surface area contributed by atoms with Crippen molar-refractivity contribution in [3.8, 4) is 0 Å². The lowest BCUT2D eigenvalue weighted by atomic mass is 10.00. The van der Waals surface area contributed by atoms with Gasteiger partial charge in [-0.05, 0) is 5.92 Å². The molecule has 17 heavy (non-hydrogen) atoms. The molecule has 0 aliphatic carbocycles. The van der Waals surface area contributed by atoms with Crippen LogP contribution in [0.4, 0.5) is 0 Å². The fourth-order valence-electron chi connectivity index (χ4n) is 1.75. The van der Waals surface area contributed by atoms with Crippen molar-refractivity contribution in [2.24, 2.45) is 13.0 Å².